The standard InChI is InChI=1S/C26H32O7/c1-14-18(13-31-17-8-6-16-7-9-21(28)33-19(16)12-17)26(5)11-10-20(32-15(2)27)25(3,4)24(26)23(30)22(14)29/h6-9,12,18,20,22-24,29-30H,1,10-11,13H2,2-5H3/t18-,20+,22-,23+,24+,26-/m0/s1. The topological polar surface area (TPSA) is 106 Å². The predicted molar refractivity (Wildman–Crippen MR) is 123 cm³/mol. The first-order valence-electron chi connectivity index (χ1n) is 11.3. The van der Waals surface area contributed by atoms with Gasteiger partial charge < -0.3 is 24.1 Å². The molecule has 1 aromatic carbocycles. The number of fused-ring (bicyclic) bond motifs is 2. The van der Waals surface area contributed by atoms with Crippen LogP contribution in [0.4, 0.5) is 0 Å². The van der Waals surface area contributed by atoms with E-state index in [2.05, 4.69) is 13.5 Å². The van der Waals surface area contributed by atoms with Gasteiger partial charge in [-0.05, 0) is 42.0 Å². The number of aliphatic hydroxyl groups is 2. The predicted octanol–water partition coefficient (Wildman–Crippen LogP) is 3.45. The van der Waals surface area contributed by atoms with Crippen LogP contribution in [0.2, 0.25) is 0 Å². The van der Waals surface area contributed by atoms with Crippen molar-refractivity contribution in [3.05, 3.63) is 52.9 Å². The molecule has 2 fully saturated rings. The van der Waals surface area contributed by atoms with E-state index in [0.717, 1.165) is 5.39 Å². The smallest absolute Gasteiger partial charge is 0.336 e. The second kappa shape index (κ2) is 8.29. The molecule has 0 amide bonds. The maximum absolute atomic E-state index is 11.7. The monoisotopic (exact) mass is 456 g/mol. The number of hydrogen-bond acceptors (Lipinski definition) is 7. The summed E-state index contributed by atoms with van der Waals surface area (Å²) in [6, 6.07) is 8.37. The first-order valence-corrected chi connectivity index (χ1v) is 11.3. The van der Waals surface area contributed by atoms with Crippen LogP contribution in [-0.2, 0) is 9.53 Å². The van der Waals surface area contributed by atoms with E-state index in [1.54, 1.807) is 18.2 Å². The van der Waals surface area contributed by atoms with Gasteiger partial charge in [0.15, 0.2) is 0 Å². The second-order valence-corrected chi connectivity index (χ2v) is 10.3. The second-order valence-electron chi connectivity index (χ2n) is 10.3. The Morgan fingerprint density at radius 3 is 2.61 bits per heavy atom. The highest BCUT2D eigenvalue weighted by Gasteiger charge is 2.62. The molecule has 2 aliphatic rings. The van der Waals surface area contributed by atoms with Gasteiger partial charge in [-0.15, -0.1) is 0 Å². The van der Waals surface area contributed by atoms with Gasteiger partial charge in [0.1, 0.15) is 23.5 Å². The van der Waals surface area contributed by atoms with Crippen molar-refractivity contribution in [2.24, 2.45) is 22.7 Å². The highest BCUT2D eigenvalue weighted by atomic mass is 16.5. The number of esters is 1. The lowest BCUT2D eigenvalue weighted by atomic mass is 9.45. The summed E-state index contributed by atoms with van der Waals surface area (Å²) in [5, 5.41) is 22.8. The Hall–Kier alpha value is -2.64. The molecule has 1 aromatic heterocycles. The number of hydrogen-bond donors (Lipinski definition) is 2. The molecular weight excluding hydrogens is 424 g/mol. The van der Waals surface area contributed by atoms with Gasteiger partial charge in [0.25, 0.3) is 0 Å². The van der Waals surface area contributed by atoms with E-state index in [1.165, 1.54) is 13.0 Å². The normalized spacial score (nSPS) is 33.4. The third-order valence-corrected chi connectivity index (χ3v) is 7.90. The molecule has 7 nitrogen and oxygen atoms in total. The van der Waals surface area contributed by atoms with Crippen LogP contribution in [-0.4, -0.2) is 41.1 Å². The van der Waals surface area contributed by atoms with E-state index in [1.807, 2.05) is 19.9 Å². The van der Waals surface area contributed by atoms with Gasteiger partial charge in [0.05, 0.1) is 12.7 Å². The van der Waals surface area contributed by atoms with Crippen molar-refractivity contribution in [3.8, 4) is 5.75 Å². The average molecular weight is 457 g/mol. The summed E-state index contributed by atoms with van der Waals surface area (Å²) in [6.45, 7) is 11.8. The van der Waals surface area contributed by atoms with Crippen molar-refractivity contribution in [3.63, 3.8) is 0 Å². The minimum Gasteiger partial charge on any atom is -0.493 e. The highest BCUT2D eigenvalue weighted by molar-refractivity contribution is 5.77. The first-order chi connectivity index (χ1) is 15.4. The van der Waals surface area contributed by atoms with Crippen LogP contribution in [0.3, 0.4) is 0 Å². The van der Waals surface area contributed by atoms with Crippen molar-refractivity contribution in [1.29, 1.82) is 0 Å². The summed E-state index contributed by atoms with van der Waals surface area (Å²) in [7, 11) is 0. The Morgan fingerprint density at radius 1 is 1.21 bits per heavy atom. The van der Waals surface area contributed by atoms with Crippen molar-refractivity contribution in [1.82, 2.24) is 0 Å². The summed E-state index contributed by atoms with van der Waals surface area (Å²) < 4.78 is 17.0. The van der Waals surface area contributed by atoms with E-state index < -0.39 is 28.7 Å². The van der Waals surface area contributed by atoms with E-state index in [0.29, 0.717) is 29.7 Å². The molecule has 0 unspecified atom stereocenters. The van der Waals surface area contributed by atoms with Gasteiger partial charge in [-0.2, -0.15) is 0 Å². The maximum atomic E-state index is 11.7. The van der Waals surface area contributed by atoms with Crippen molar-refractivity contribution < 1.29 is 28.9 Å². The van der Waals surface area contributed by atoms with E-state index in [4.69, 9.17) is 13.9 Å². The third kappa shape index (κ3) is 3.97. The number of carbonyl (C=O) groups is 1. The lowest BCUT2D eigenvalue weighted by molar-refractivity contribution is -0.208. The molecule has 0 aliphatic heterocycles. The van der Waals surface area contributed by atoms with Gasteiger partial charge in [0, 0.05) is 41.7 Å². The molecule has 0 saturated heterocycles. The molecule has 7 heteroatoms. The van der Waals surface area contributed by atoms with Crippen molar-refractivity contribution in [2.75, 3.05) is 6.61 Å². The number of carbonyl (C=O) groups excluding carboxylic acids is 1. The number of ether oxygens (including phenoxy) is 2. The Morgan fingerprint density at radius 2 is 1.91 bits per heavy atom. The molecular formula is C26H32O7. The lowest BCUT2D eigenvalue weighted by Gasteiger charge is -2.61. The molecule has 4 rings (SSSR count). The summed E-state index contributed by atoms with van der Waals surface area (Å²) in [6.07, 6.45) is -1.16. The zero-order valence-electron chi connectivity index (χ0n) is 19.5. The van der Waals surface area contributed by atoms with E-state index >= 15 is 0 Å². The van der Waals surface area contributed by atoms with Gasteiger partial charge in [-0.25, -0.2) is 4.79 Å². The quantitative estimate of drug-likeness (QED) is 0.412. The fourth-order valence-corrected chi connectivity index (χ4v) is 6.29. The number of benzene rings is 1. The molecule has 0 bridgehead atoms. The zero-order valence-corrected chi connectivity index (χ0v) is 19.5. The van der Waals surface area contributed by atoms with Crippen LogP contribution in [0.5, 0.6) is 5.75 Å². The van der Waals surface area contributed by atoms with Crippen molar-refractivity contribution >= 4 is 16.9 Å². The molecule has 2 aliphatic carbocycles. The lowest BCUT2D eigenvalue weighted by Crippen LogP contribution is -2.64. The zero-order chi connectivity index (χ0) is 24.1. The Bertz CT molecular complexity index is 1130. The molecule has 0 spiro atoms. The number of aliphatic hydroxyl groups excluding tert-OH is 2. The molecule has 6 atom stereocenters. The molecule has 33 heavy (non-hydrogen) atoms. The van der Waals surface area contributed by atoms with Gasteiger partial charge in [-0.1, -0.05) is 27.4 Å². The Kier molecular flexibility index (Phi) is 5.91. The minimum atomic E-state index is -1.11. The molecule has 178 valence electrons. The third-order valence-electron chi connectivity index (χ3n) is 7.90. The van der Waals surface area contributed by atoms with E-state index in [9.17, 15) is 19.8 Å². The molecule has 2 saturated carbocycles. The molecule has 1 heterocycles. The van der Waals surface area contributed by atoms with Crippen LogP contribution < -0.4 is 10.4 Å². The van der Waals surface area contributed by atoms with Crippen LogP contribution in [0.25, 0.3) is 11.0 Å². The summed E-state index contributed by atoms with van der Waals surface area (Å²) >= 11 is 0. The number of rotatable bonds is 4. The van der Waals surface area contributed by atoms with Crippen LogP contribution in [0.15, 0.2) is 51.7 Å². The highest BCUT2D eigenvalue weighted by Crippen LogP contribution is 2.61. The fraction of sp³-hybridized carbons (Fsp3) is 0.538. The average Bonchev–Trinajstić information content (AvgIpc) is 2.73. The largest absolute Gasteiger partial charge is 0.493 e. The molecule has 0 radical (unpaired) electrons. The molecule has 2 N–H and O–H groups in total. The minimum absolute atomic E-state index is 0.239. The van der Waals surface area contributed by atoms with E-state index in [-0.39, 0.29) is 30.5 Å². The van der Waals surface area contributed by atoms with Crippen LogP contribution in [0, 0.1) is 22.7 Å². The summed E-state index contributed by atoms with van der Waals surface area (Å²) in [5.41, 5.74) is -0.455. The Labute approximate surface area is 193 Å². The summed E-state index contributed by atoms with van der Waals surface area (Å²) in [5.74, 6) is -0.392. The Balaban J connectivity index is 1.63. The van der Waals surface area contributed by atoms with Crippen LogP contribution >= 0.6 is 0 Å². The fourth-order valence-electron chi connectivity index (χ4n) is 6.29. The van der Waals surface area contributed by atoms with Crippen molar-refractivity contribution in [2.45, 2.75) is 58.8 Å². The van der Waals surface area contributed by atoms with Gasteiger partial charge in [-0.3, -0.25) is 4.79 Å². The van der Waals surface area contributed by atoms with Gasteiger partial charge >= 0.3 is 11.6 Å². The maximum Gasteiger partial charge on any atom is 0.336 e. The van der Waals surface area contributed by atoms with Crippen LogP contribution in [0.1, 0.15) is 40.5 Å². The summed E-state index contributed by atoms with van der Waals surface area (Å²) in [4.78, 5) is 23.2. The molecule has 2 aromatic rings. The SMILES string of the molecule is C=C1[C@H](O)[C@@H](O)[C@@H]2C(C)(C)[C@H](OC(C)=O)CC[C@@]2(C)[C@H]1COc1ccc2ccc(=O)oc2c1. The first kappa shape index (κ1) is 23.5. The van der Waals surface area contributed by atoms with Gasteiger partial charge in [0.2, 0.25) is 0 Å².